The third-order valence-corrected chi connectivity index (χ3v) is 6.07. The number of nitrogens with one attached hydrogen (secondary N) is 2. The van der Waals surface area contributed by atoms with Crippen LogP contribution in [0.2, 0.25) is 0 Å². The molecule has 1 fully saturated rings. The van der Waals surface area contributed by atoms with Gasteiger partial charge in [-0.2, -0.15) is 13.2 Å². The van der Waals surface area contributed by atoms with Crippen molar-refractivity contribution < 1.29 is 13.2 Å². The van der Waals surface area contributed by atoms with Gasteiger partial charge in [-0.1, -0.05) is 0 Å². The fourth-order valence-corrected chi connectivity index (χ4v) is 4.34. The van der Waals surface area contributed by atoms with Gasteiger partial charge in [0.1, 0.15) is 11.3 Å². The Balaban J connectivity index is 1.25. The maximum absolute atomic E-state index is 13.2. The summed E-state index contributed by atoms with van der Waals surface area (Å²) in [6, 6.07) is 5.68. The molecular formula is C23H22F3N7O. The third kappa shape index (κ3) is 4.26. The number of aromatic nitrogens is 5. The van der Waals surface area contributed by atoms with E-state index in [4.69, 9.17) is 0 Å². The summed E-state index contributed by atoms with van der Waals surface area (Å²) in [5.74, 6) is 0.728. The van der Waals surface area contributed by atoms with Crippen LogP contribution in [-0.4, -0.2) is 56.0 Å². The molecule has 176 valence electrons. The first-order valence-corrected chi connectivity index (χ1v) is 10.8. The highest BCUT2D eigenvalue weighted by atomic mass is 19.4. The Morgan fingerprint density at radius 1 is 1.06 bits per heavy atom. The maximum Gasteiger partial charge on any atom is 0.422 e. The molecule has 0 spiro atoms. The second-order valence-corrected chi connectivity index (χ2v) is 8.29. The molecule has 1 aliphatic heterocycles. The molecule has 0 bridgehead atoms. The molecule has 0 aliphatic carbocycles. The number of aryl methyl sites for hydroxylation is 1. The zero-order chi connectivity index (χ0) is 23.9. The second-order valence-electron chi connectivity index (χ2n) is 8.29. The molecule has 0 unspecified atom stereocenters. The minimum Gasteiger partial charge on any atom is -0.368 e. The van der Waals surface area contributed by atoms with E-state index in [1.54, 1.807) is 24.7 Å². The number of piperazine rings is 1. The topological polar surface area (TPSA) is 93.8 Å². The molecule has 5 rings (SSSR count). The Morgan fingerprint density at radius 2 is 1.85 bits per heavy atom. The van der Waals surface area contributed by atoms with E-state index in [1.165, 1.54) is 6.92 Å². The summed E-state index contributed by atoms with van der Waals surface area (Å²) in [4.78, 5) is 34.9. The first kappa shape index (κ1) is 22.1. The number of alkyl halides is 3. The Labute approximate surface area is 192 Å². The minimum absolute atomic E-state index is 0.155. The molecule has 4 aromatic heterocycles. The van der Waals surface area contributed by atoms with Gasteiger partial charge in [-0.25, -0.2) is 4.98 Å². The Morgan fingerprint density at radius 3 is 2.50 bits per heavy atom. The van der Waals surface area contributed by atoms with E-state index in [2.05, 4.69) is 34.7 Å². The number of aromatic amines is 2. The van der Waals surface area contributed by atoms with E-state index >= 15 is 0 Å². The summed E-state index contributed by atoms with van der Waals surface area (Å²) in [5.41, 5.74) is 0.640. The van der Waals surface area contributed by atoms with Crippen LogP contribution in [0, 0.1) is 6.92 Å². The van der Waals surface area contributed by atoms with Gasteiger partial charge in [0.05, 0.1) is 22.9 Å². The van der Waals surface area contributed by atoms with Crippen molar-refractivity contribution in [3.8, 4) is 11.5 Å². The van der Waals surface area contributed by atoms with Crippen LogP contribution >= 0.6 is 0 Å². The lowest BCUT2D eigenvalue weighted by Gasteiger charge is -2.36. The Kier molecular flexibility index (Phi) is 5.56. The molecule has 0 saturated carbocycles. The van der Waals surface area contributed by atoms with Crippen molar-refractivity contribution in [3.63, 3.8) is 0 Å². The number of rotatable bonds is 4. The predicted molar refractivity (Wildman–Crippen MR) is 121 cm³/mol. The van der Waals surface area contributed by atoms with Crippen molar-refractivity contribution in [2.75, 3.05) is 31.1 Å². The predicted octanol–water partition coefficient (Wildman–Crippen LogP) is 3.36. The number of imidazole rings is 1. The van der Waals surface area contributed by atoms with E-state index in [1.807, 2.05) is 18.3 Å². The molecule has 11 heteroatoms. The fourth-order valence-electron chi connectivity index (χ4n) is 4.34. The number of hydrogen-bond acceptors (Lipinski definition) is 6. The van der Waals surface area contributed by atoms with E-state index in [0.29, 0.717) is 12.1 Å². The van der Waals surface area contributed by atoms with E-state index in [-0.39, 0.29) is 11.1 Å². The van der Waals surface area contributed by atoms with E-state index in [9.17, 15) is 18.0 Å². The van der Waals surface area contributed by atoms with Gasteiger partial charge >= 0.3 is 6.18 Å². The van der Waals surface area contributed by atoms with Crippen LogP contribution in [0.5, 0.6) is 0 Å². The van der Waals surface area contributed by atoms with Crippen LogP contribution < -0.4 is 10.5 Å². The van der Waals surface area contributed by atoms with Gasteiger partial charge in [-0.05, 0) is 36.2 Å². The van der Waals surface area contributed by atoms with Crippen molar-refractivity contribution in [2.24, 2.45) is 0 Å². The van der Waals surface area contributed by atoms with Crippen LogP contribution in [0.25, 0.3) is 22.6 Å². The number of fused-ring (bicyclic) bond motifs is 1. The summed E-state index contributed by atoms with van der Waals surface area (Å²) in [6.07, 6.45) is 2.15. The van der Waals surface area contributed by atoms with Crippen LogP contribution in [0.1, 0.15) is 16.7 Å². The highest BCUT2D eigenvalue weighted by Gasteiger charge is 2.36. The molecule has 1 aliphatic rings. The van der Waals surface area contributed by atoms with Crippen LogP contribution in [0.3, 0.4) is 0 Å². The summed E-state index contributed by atoms with van der Waals surface area (Å²) < 4.78 is 39.6. The lowest BCUT2D eigenvalue weighted by Crippen LogP contribution is -2.46. The Hall–Kier alpha value is -3.73. The monoisotopic (exact) mass is 469 g/mol. The fraction of sp³-hybridized carbons (Fsp3) is 0.304. The van der Waals surface area contributed by atoms with E-state index in [0.717, 1.165) is 48.9 Å². The van der Waals surface area contributed by atoms with Crippen molar-refractivity contribution in [1.29, 1.82) is 0 Å². The number of halogens is 3. The average Bonchev–Trinajstić information content (AvgIpc) is 3.34. The number of pyridine rings is 3. The van der Waals surface area contributed by atoms with Crippen LogP contribution in [0.4, 0.5) is 18.9 Å². The number of anilines is 1. The first-order chi connectivity index (χ1) is 16.3. The van der Waals surface area contributed by atoms with Crippen LogP contribution in [-0.2, 0) is 12.7 Å². The maximum atomic E-state index is 13.2. The van der Waals surface area contributed by atoms with Gasteiger partial charge in [0.2, 0.25) is 0 Å². The van der Waals surface area contributed by atoms with Gasteiger partial charge in [0.25, 0.3) is 5.56 Å². The molecule has 5 heterocycles. The SMILES string of the molecule is Cc1c(C(F)(F)F)c(=O)[nH]c2cc(CN3CCN(c4ccc(-c5ncc[nH]5)nc4)CC3)cnc12. The molecule has 0 radical (unpaired) electrons. The van der Waals surface area contributed by atoms with Crippen molar-refractivity contribution in [3.05, 3.63) is 70.0 Å². The summed E-state index contributed by atoms with van der Waals surface area (Å²) in [5, 5.41) is 0. The number of nitrogens with zero attached hydrogens (tertiary/aromatic N) is 5. The number of hydrogen-bond donors (Lipinski definition) is 2. The third-order valence-electron chi connectivity index (χ3n) is 6.07. The number of H-pyrrole nitrogens is 2. The van der Waals surface area contributed by atoms with Crippen molar-refractivity contribution in [2.45, 2.75) is 19.6 Å². The molecule has 4 aromatic rings. The smallest absolute Gasteiger partial charge is 0.368 e. The van der Waals surface area contributed by atoms with Gasteiger partial charge in [0.15, 0.2) is 5.82 Å². The molecule has 0 aromatic carbocycles. The van der Waals surface area contributed by atoms with Gasteiger partial charge in [-0.15, -0.1) is 0 Å². The molecule has 0 amide bonds. The van der Waals surface area contributed by atoms with Crippen molar-refractivity contribution in [1.82, 2.24) is 29.8 Å². The van der Waals surface area contributed by atoms with Gasteiger partial charge in [-0.3, -0.25) is 19.7 Å². The van der Waals surface area contributed by atoms with Crippen molar-refractivity contribution >= 4 is 16.7 Å². The second kappa shape index (κ2) is 8.56. The minimum atomic E-state index is -4.72. The zero-order valence-electron chi connectivity index (χ0n) is 18.4. The zero-order valence-corrected chi connectivity index (χ0v) is 18.4. The first-order valence-electron chi connectivity index (χ1n) is 10.8. The highest BCUT2D eigenvalue weighted by molar-refractivity contribution is 5.79. The van der Waals surface area contributed by atoms with Gasteiger partial charge < -0.3 is 14.9 Å². The largest absolute Gasteiger partial charge is 0.422 e. The summed E-state index contributed by atoms with van der Waals surface area (Å²) >= 11 is 0. The van der Waals surface area contributed by atoms with Crippen LogP contribution in [0.15, 0.2) is 47.8 Å². The average molecular weight is 469 g/mol. The van der Waals surface area contributed by atoms with E-state index < -0.39 is 17.3 Å². The summed E-state index contributed by atoms with van der Waals surface area (Å²) in [6.45, 7) is 5.11. The lowest BCUT2D eigenvalue weighted by atomic mass is 10.1. The molecular weight excluding hydrogens is 447 g/mol. The normalized spacial score (nSPS) is 15.2. The van der Waals surface area contributed by atoms with Gasteiger partial charge in [0, 0.05) is 51.3 Å². The quantitative estimate of drug-likeness (QED) is 0.476. The molecule has 8 nitrogen and oxygen atoms in total. The Bertz CT molecular complexity index is 1360. The lowest BCUT2D eigenvalue weighted by molar-refractivity contribution is -0.139. The summed E-state index contributed by atoms with van der Waals surface area (Å²) in [7, 11) is 0. The molecule has 34 heavy (non-hydrogen) atoms. The highest BCUT2D eigenvalue weighted by Crippen LogP contribution is 2.31. The standard InChI is InChI=1S/C23H22F3N7O/c1-14-19(23(24,25)26)22(34)31-18-10-15(11-30-20(14)18)13-32-6-8-33(9-7-32)16-2-3-17(29-12-16)21-27-4-5-28-21/h2-5,10-12H,6-9,13H2,1H3,(H,27,28)(H,31,34). The molecule has 2 N–H and O–H groups in total. The molecule has 0 atom stereocenters. The molecule has 1 saturated heterocycles.